The fourth-order valence-corrected chi connectivity index (χ4v) is 3.06. The molecular formula is C10H18N2O3S. The molecule has 0 saturated heterocycles. The molecule has 0 radical (unpaired) electrons. The van der Waals surface area contributed by atoms with E-state index in [1.807, 2.05) is 6.92 Å². The Bertz CT molecular complexity index is 348. The predicted molar refractivity (Wildman–Crippen MR) is 60.2 cm³/mol. The van der Waals surface area contributed by atoms with Gasteiger partial charge in [-0.3, -0.25) is 0 Å². The quantitative estimate of drug-likeness (QED) is 0.697. The van der Waals surface area contributed by atoms with Gasteiger partial charge in [-0.1, -0.05) is 6.42 Å². The van der Waals surface area contributed by atoms with E-state index in [-0.39, 0.29) is 24.3 Å². The molecule has 1 aliphatic rings. The third-order valence-electron chi connectivity index (χ3n) is 2.71. The van der Waals surface area contributed by atoms with Crippen molar-refractivity contribution in [2.24, 2.45) is 5.92 Å². The zero-order valence-electron chi connectivity index (χ0n) is 9.48. The second-order valence-corrected chi connectivity index (χ2v) is 5.78. The summed E-state index contributed by atoms with van der Waals surface area (Å²) in [6.07, 6.45) is 2.46. The van der Waals surface area contributed by atoms with Crippen molar-refractivity contribution in [1.82, 2.24) is 4.72 Å². The first-order chi connectivity index (χ1) is 7.59. The minimum absolute atomic E-state index is 0.0323. The Morgan fingerprint density at radius 1 is 1.50 bits per heavy atom. The molecule has 0 amide bonds. The van der Waals surface area contributed by atoms with Gasteiger partial charge in [0.2, 0.25) is 10.0 Å². The van der Waals surface area contributed by atoms with Crippen LogP contribution in [-0.4, -0.2) is 33.4 Å². The van der Waals surface area contributed by atoms with E-state index in [0.29, 0.717) is 6.61 Å². The van der Waals surface area contributed by atoms with E-state index in [1.54, 1.807) is 0 Å². The maximum Gasteiger partial charge on any atom is 0.214 e. The maximum atomic E-state index is 11.6. The highest BCUT2D eigenvalue weighted by molar-refractivity contribution is 7.89. The van der Waals surface area contributed by atoms with Crippen molar-refractivity contribution in [2.75, 3.05) is 19.0 Å². The van der Waals surface area contributed by atoms with Crippen LogP contribution in [0.3, 0.4) is 0 Å². The van der Waals surface area contributed by atoms with Gasteiger partial charge >= 0.3 is 0 Å². The Hall–Kier alpha value is -0.640. The van der Waals surface area contributed by atoms with Crippen molar-refractivity contribution < 1.29 is 13.2 Å². The number of nitrogens with zero attached hydrogens (tertiary/aromatic N) is 1. The van der Waals surface area contributed by atoms with Crippen LogP contribution in [-0.2, 0) is 14.8 Å². The van der Waals surface area contributed by atoms with Crippen LogP contribution >= 0.6 is 0 Å². The summed E-state index contributed by atoms with van der Waals surface area (Å²) in [4.78, 5) is 0. The van der Waals surface area contributed by atoms with Gasteiger partial charge in [0.15, 0.2) is 0 Å². The Labute approximate surface area is 96.8 Å². The molecule has 0 spiro atoms. The summed E-state index contributed by atoms with van der Waals surface area (Å²) in [7, 11) is -3.31. The van der Waals surface area contributed by atoms with E-state index in [1.165, 1.54) is 0 Å². The smallest absolute Gasteiger partial charge is 0.214 e. The molecule has 0 aliphatic heterocycles. The minimum Gasteiger partial charge on any atom is -0.381 e. The SMILES string of the molecule is CCOCCS(=O)(=O)NC1CCCC1C#N. The molecule has 6 heteroatoms. The molecule has 0 bridgehead atoms. The van der Waals surface area contributed by atoms with Crippen LogP contribution in [0.25, 0.3) is 0 Å². The van der Waals surface area contributed by atoms with Gasteiger partial charge in [-0.05, 0) is 19.8 Å². The van der Waals surface area contributed by atoms with E-state index >= 15 is 0 Å². The number of hydrogen-bond donors (Lipinski definition) is 1. The fraction of sp³-hybridized carbons (Fsp3) is 0.900. The zero-order chi connectivity index (χ0) is 12.0. The Kier molecular flexibility index (Phi) is 5.19. The molecule has 92 valence electrons. The van der Waals surface area contributed by atoms with E-state index in [4.69, 9.17) is 10.00 Å². The van der Waals surface area contributed by atoms with E-state index in [0.717, 1.165) is 19.3 Å². The normalized spacial score (nSPS) is 25.5. The largest absolute Gasteiger partial charge is 0.381 e. The number of ether oxygens (including phenoxy) is 1. The molecule has 0 aromatic heterocycles. The Balaban J connectivity index is 2.43. The average molecular weight is 246 g/mol. The summed E-state index contributed by atoms with van der Waals surface area (Å²) in [5, 5.41) is 8.84. The fourth-order valence-electron chi connectivity index (χ4n) is 1.86. The highest BCUT2D eigenvalue weighted by Gasteiger charge is 2.30. The molecule has 5 nitrogen and oxygen atoms in total. The molecular weight excluding hydrogens is 228 g/mol. The summed E-state index contributed by atoms with van der Waals surface area (Å²) in [6, 6.07) is 1.93. The topological polar surface area (TPSA) is 79.2 Å². The highest BCUT2D eigenvalue weighted by Crippen LogP contribution is 2.25. The van der Waals surface area contributed by atoms with Gasteiger partial charge in [-0.25, -0.2) is 13.1 Å². The van der Waals surface area contributed by atoms with Gasteiger partial charge in [0.25, 0.3) is 0 Å². The standard InChI is InChI=1S/C10H18N2O3S/c1-2-15-6-7-16(13,14)12-10-5-3-4-9(10)8-11/h9-10,12H,2-7H2,1H3. The molecule has 0 heterocycles. The number of hydrogen-bond acceptors (Lipinski definition) is 4. The van der Waals surface area contributed by atoms with Crippen molar-refractivity contribution in [2.45, 2.75) is 32.2 Å². The number of rotatable bonds is 6. The number of sulfonamides is 1. The lowest BCUT2D eigenvalue weighted by molar-refractivity contribution is 0.163. The summed E-state index contributed by atoms with van der Waals surface area (Å²) < 4.78 is 30.8. The summed E-state index contributed by atoms with van der Waals surface area (Å²) in [5.41, 5.74) is 0. The molecule has 1 N–H and O–H groups in total. The molecule has 2 atom stereocenters. The molecule has 1 aliphatic carbocycles. The van der Waals surface area contributed by atoms with Crippen molar-refractivity contribution in [3.05, 3.63) is 0 Å². The zero-order valence-corrected chi connectivity index (χ0v) is 10.3. The van der Waals surface area contributed by atoms with Crippen molar-refractivity contribution >= 4 is 10.0 Å². The second-order valence-electron chi connectivity index (χ2n) is 3.91. The van der Waals surface area contributed by atoms with E-state index in [2.05, 4.69) is 10.8 Å². The van der Waals surface area contributed by atoms with Crippen LogP contribution in [0, 0.1) is 17.2 Å². The lowest BCUT2D eigenvalue weighted by atomic mass is 10.1. The first-order valence-corrected chi connectivity index (χ1v) is 7.21. The van der Waals surface area contributed by atoms with Gasteiger partial charge in [0.05, 0.1) is 24.3 Å². The van der Waals surface area contributed by atoms with E-state index in [9.17, 15) is 8.42 Å². The van der Waals surface area contributed by atoms with Gasteiger partial charge in [0, 0.05) is 12.6 Å². The summed E-state index contributed by atoms with van der Waals surface area (Å²) >= 11 is 0. The van der Waals surface area contributed by atoms with E-state index < -0.39 is 10.0 Å². The summed E-state index contributed by atoms with van der Waals surface area (Å²) in [6.45, 7) is 2.54. The van der Waals surface area contributed by atoms with Crippen LogP contribution < -0.4 is 4.72 Å². The molecule has 1 saturated carbocycles. The van der Waals surface area contributed by atoms with Crippen molar-refractivity contribution in [3.63, 3.8) is 0 Å². The molecule has 0 aromatic rings. The van der Waals surface area contributed by atoms with Crippen LogP contribution in [0.1, 0.15) is 26.2 Å². The molecule has 2 unspecified atom stereocenters. The van der Waals surface area contributed by atoms with Crippen LogP contribution in [0.15, 0.2) is 0 Å². The Morgan fingerprint density at radius 2 is 2.25 bits per heavy atom. The minimum atomic E-state index is -3.31. The molecule has 0 aromatic carbocycles. The summed E-state index contributed by atoms with van der Waals surface area (Å²) in [5.74, 6) is -0.211. The average Bonchev–Trinajstić information content (AvgIpc) is 2.64. The lowest BCUT2D eigenvalue weighted by Gasteiger charge is -2.15. The Morgan fingerprint density at radius 3 is 2.88 bits per heavy atom. The van der Waals surface area contributed by atoms with Crippen LogP contribution in [0.5, 0.6) is 0 Å². The van der Waals surface area contributed by atoms with Gasteiger partial charge in [-0.2, -0.15) is 5.26 Å². The lowest BCUT2D eigenvalue weighted by Crippen LogP contribution is -2.39. The van der Waals surface area contributed by atoms with Gasteiger partial charge in [0.1, 0.15) is 0 Å². The maximum absolute atomic E-state index is 11.6. The first-order valence-electron chi connectivity index (χ1n) is 5.56. The number of nitriles is 1. The van der Waals surface area contributed by atoms with Crippen molar-refractivity contribution in [1.29, 1.82) is 5.26 Å². The molecule has 16 heavy (non-hydrogen) atoms. The van der Waals surface area contributed by atoms with Crippen LogP contribution in [0.4, 0.5) is 0 Å². The van der Waals surface area contributed by atoms with Gasteiger partial charge in [-0.15, -0.1) is 0 Å². The van der Waals surface area contributed by atoms with Crippen molar-refractivity contribution in [3.8, 4) is 6.07 Å². The first kappa shape index (κ1) is 13.4. The van der Waals surface area contributed by atoms with Crippen LogP contribution in [0.2, 0.25) is 0 Å². The molecule has 1 rings (SSSR count). The highest BCUT2D eigenvalue weighted by atomic mass is 32.2. The van der Waals surface area contributed by atoms with Gasteiger partial charge < -0.3 is 4.74 Å². The monoisotopic (exact) mass is 246 g/mol. The second kappa shape index (κ2) is 6.18. The molecule has 1 fully saturated rings. The number of nitrogens with one attached hydrogen (secondary N) is 1. The predicted octanol–water partition coefficient (Wildman–Crippen LogP) is 0.635. The third-order valence-corrected chi connectivity index (χ3v) is 4.08. The third kappa shape index (κ3) is 4.08.